The van der Waals surface area contributed by atoms with Gasteiger partial charge in [-0.15, -0.1) is 0 Å². The molecule has 0 radical (unpaired) electrons. The molecule has 3 aromatic rings. The largest absolute Gasteiger partial charge is 0.474 e. The van der Waals surface area contributed by atoms with Crippen molar-refractivity contribution in [2.45, 2.75) is 26.3 Å². The van der Waals surface area contributed by atoms with Crippen LogP contribution in [0.4, 0.5) is 26.4 Å². The summed E-state index contributed by atoms with van der Waals surface area (Å²) in [4.78, 5) is 22.1. The number of nitrogens with zero attached hydrogens (tertiary/aromatic N) is 3. The molecule has 2 aromatic heterocycles. The van der Waals surface area contributed by atoms with Crippen molar-refractivity contribution in [2.75, 3.05) is 42.3 Å². The Labute approximate surface area is 195 Å². The lowest BCUT2D eigenvalue weighted by Crippen LogP contribution is -2.44. The van der Waals surface area contributed by atoms with Crippen LogP contribution in [0.3, 0.4) is 0 Å². The molecule has 0 spiro atoms. The zero-order chi connectivity index (χ0) is 24.0. The van der Waals surface area contributed by atoms with E-state index in [1.54, 1.807) is 18.3 Å². The number of hydrogen-bond acceptors (Lipinski definition) is 7. The maximum absolute atomic E-state index is 15.4. The molecule has 1 saturated heterocycles. The topological polar surface area (TPSA) is 123 Å². The Morgan fingerprint density at radius 1 is 1.29 bits per heavy atom. The number of rotatable bonds is 4. The lowest BCUT2D eigenvalue weighted by molar-refractivity contribution is 0.179. The molecular weight excluding hydrogens is 441 g/mol. The average molecular weight is 468 g/mol. The third-order valence-corrected chi connectivity index (χ3v) is 6.69. The van der Waals surface area contributed by atoms with Crippen LogP contribution in [0.25, 0.3) is 21.9 Å². The molecule has 4 heterocycles. The van der Waals surface area contributed by atoms with E-state index in [2.05, 4.69) is 15.3 Å². The number of pyridine rings is 2. The molecular formula is C24H26FN5O4. The van der Waals surface area contributed by atoms with Gasteiger partial charge in [0.05, 0.1) is 24.9 Å². The number of halogens is 1. The Morgan fingerprint density at radius 3 is 2.88 bits per heavy atom. The smallest absolute Gasteiger partial charge is 0.413 e. The fourth-order valence-corrected chi connectivity index (χ4v) is 4.78. The number of hydrogen-bond donors (Lipinski definition) is 3. The SMILES string of the molecule is CC[C@@H]1COC[C@@H]1N(C(=O)O)c1cc2cc(-c3cnc4c(c3C)NCCO4)c(F)c(N)c2cn1. The van der Waals surface area contributed by atoms with Crippen molar-refractivity contribution in [1.82, 2.24) is 9.97 Å². The first-order valence-electron chi connectivity index (χ1n) is 11.2. The lowest BCUT2D eigenvalue weighted by Gasteiger charge is -2.28. The normalized spacial score (nSPS) is 19.4. The van der Waals surface area contributed by atoms with E-state index in [0.29, 0.717) is 48.6 Å². The van der Waals surface area contributed by atoms with Crippen LogP contribution in [0.1, 0.15) is 18.9 Å². The highest BCUT2D eigenvalue weighted by atomic mass is 19.1. The Kier molecular flexibility index (Phi) is 5.60. The van der Waals surface area contributed by atoms with Gasteiger partial charge in [-0.25, -0.2) is 19.2 Å². The minimum absolute atomic E-state index is 0.0506. The number of ether oxygens (including phenoxy) is 2. The molecule has 9 nitrogen and oxygen atoms in total. The maximum Gasteiger partial charge on any atom is 0.413 e. The summed E-state index contributed by atoms with van der Waals surface area (Å²) in [5, 5.41) is 14.2. The van der Waals surface area contributed by atoms with E-state index in [1.165, 1.54) is 11.1 Å². The zero-order valence-corrected chi connectivity index (χ0v) is 19.0. The predicted octanol–water partition coefficient (Wildman–Crippen LogP) is 4.04. The number of benzene rings is 1. The summed E-state index contributed by atoms with van der Waals surface area (Å²) in [6.07, 6.45) is 2.66. The van der Waals surface area contributed by atoms with Crippen LogP contribution in [0.15, 0.2) is 24.5 Å². The van der Waals surface area contributed by atoms with Crippen molar-refractivity contribution in [3.8, 4) is 17.0 Å². The summed E-state index contributed by atoms with van der Waals surface area (Å²) in [6, 6.07) is 2.95. The number of anilines is 3. The number of nitrogens with two attached hydrogens (primary N) is 1. The van der Waals surface area contributed by atoms with Gasteiger partial charge >= 0.3 is 6.09 Å². The maximum atomic E-state index is 15.4. The lowest BCUT2D eigenvalue weighted by atomic mass is 9.96. The van der Waals surface area contributed by atoms with Crippen LogP contribution in [-0.2, 0) is 4.74 Å². The molecule has 1 aromatic carbocycles. The summed E-state index contributed by atoms with van der Waals surface area (Å²) in [5.41, 5.74) is 8.49. The van der Waals surface area contributed by atoms with E-state index >= 15 is 4.39 Å². The zero-order valence-electron chi connectivity index (χ0n) is 19.0. The monoisotopic (exact) mass is 467 g/mol. The molecule has 0 unspecified atom stereocenters. The Hall–Kier alpha value is -3.66. The highest BCUT2D eigenvalue weighted by molar-refractivity contribution is 5.99. The van der Waals surface area contributed by atoms with Gasteiger partial charge in [0, 0.05) is 41.4 Å². The summed E-state index contributed by atoms with van der Waals surface area (Å²) < 4.78 is 26.5. The Bertz CT molecular complexity index is 1280. The minimum atomic E-state index is -1.11. The first-order chi connectivity index (χ1) is 16.4. The number of amides is 1. The Balaban J connectivity index is 1.64. The van der Waals surface area contributed by atoms with Gasteiger partial charge in [0.1, 0.15) is 18.1 Å². The molecule has 2 aliphatic heterocycles. The van der Waals surface area contributed by atoms with Crippen molar-refractivity contribution in [3.63, 3.8) is 0 Å². The first kappa shape index (κ1) is 22.1. The number of carboxylic acid groups (broad SMARTS) is 1. The highest BCUT2D eigenvalue weighted by Gasteiger charge is 2.36. The molecule has 0 bridgehead atoms. The van der Waals surface area contributed by atoms with Crippen molar-refractivity contribution >= 4 is 34.1 Å². The summed E-state index contributed by atoms with van der Waals surface area (Å²) in [7, 11) is 0. The van der Waals surface area contributed by atoms with Gasteiger partial charge in [-0.05, 0) is 36.4 Å². The molecule has 5 rings (SSSR count). The molecule has 178 valence electrons. The van der Waals surface area contributed by atoms with Crippen molar-refractivity contribution in [3.05, 3.63) is 35.9 Å². The standard InChI is InChI=1S/C24H26FN5O4/c1-3-13-10-33-11-18(13)30(24(31)32)19-7-14-6-15(20(25)21(26)17(14)9-28-19)16-8-29-23-22(12(16)2)27-4-5-34-23/h6-9,13,18,27H,3-5,10-11,26H2,1-2H3,(H,31,32)/t13-,18+/m1/s1. The molecule has 2 atom stereocenters. The third kappa shape index (κ3) is 3.54. The van der Waals surface area contributed by atoms with E-state index in [1.807, 2.05) is 13.8 Å². The summed E-state index contributed by atoms with van der Waals surface area (Å²) in [6.45, 7) is 5.82. The van der Waals surface area contributed by atoms with Gasteiger partial charge in [0.15, 0.2) is 5.82 Å². The first-order valence-corrected chi connectivity index (χ1v) is 11.2. The van der Waals surface area contributed by atoms with Crippen molar-refractivity contribution in [1.29, 1.82) is 0 Å². The molecule has 4 N–H and O–H groups in total. The van der Waals surface area contributed by atoms with Gasteiger partial charge in [-0.2, -0.15) is 0 Å². The average Bonchev–Trinajstić information content (AvgIpc) is 3.30. The van der Waals surface area contributed by atoms with Crippen LogP contribution in [0.2, 0.25) is 0 Å². The van der Waals surface area contributed by atoms with Crippen LogP contribution in [-0.4, -0.2) is 53.6 Å². The van der Waals surface area contributed by atoms with E-state index < -0.39 is 11.9 Å². The molecule has 1 amide bonds. The number of nitrogen functional groups attached to an aromatic ring is 1. The molecule has 0 saturated carbocycles. The van der Waals surface area contributed by atoms with E-state index in [-0.39, 0.29) is 29.0 Å². The van der Waals surface area contributed by atoms with Gasteiger partial charge in [-0.3, -0.25) is 4.90 Å². The number of aromatic nitrogens is 2. The van der Waals surface area contributed by atoms with Crippen molar-refractivity contribution < 1.29 is 23.8 Å². The second kappa shape index (κ2) is 8.60. The molecule has 34 heavy (non-hydrogen) atoms. The van der Waals surface area contributed by atoms with Crippen LogP contribution in [0.5, 0.6) is 5.88 Å². The fourth-order valence-electron chi connectivity index (χ4n) is 4.78. The number of carbonyl (C=O) groups is 1. The highest BCUT2D eigenvalue weighted by Crippen LogP contribution is 2.40. The quantitative estimate of drug-likeness (QED) is 0.492. The van der Waals surface area contributed by atoms with Crippen LogP contribution < -0.4 is 20.7 Å². The predicted molar refractivity (Wildman–Crippen MR) is 127 cm³/mol. The van der Waals surface area contributed by atoms with Crippen LogP contribution >= 0.6 is 0 Å². The van der Waals surface area contributed by atoms with E-state index in [4.69, 9.17) is 15.2 Å². The molecule has 1 fully saturated rings. The Morgan fingerprint density at radius 2 is 2.12 bits per heavy atom. The minimum Gasteiger partial charge on any atom is -0.474 e. The van der Waals surface area contributed by atoms with Gasteiger partial charge in [0.2, 0.25) is 5.88 Å². The number of nitrogens with one attached hydrogen (secondary N) is 1. The van der Waals surface area contributed by atoms with Crippen LogP contribution in [0, 0.1) is 18.7 Å². The number of fused-ring (bicyclic) bond motifs is 2. The fraction of sp³-hybridized carbons (Fsp3) is 0.375. The van der Waals surface area contributed by atoms with Gasteiger partial charge < -0.3 is 25.6 Å². The molecule has 2 aliphatic rings. The van der Waals surface area contributed by atoms with E-state index in [0.717, 1.165) is 17.7 Å². The second-order valence-corrected chi connectivity index (χ2v) is 8.59. The van der Waals surface area contributed by atoms with Gasteiger partial charge in [0.25, 0.3) is 0 Å². The molecule has 10 heteroatoms. The molecule has 0 aliphatic carbocycles. The summed E-state index contributed by atoms with van der Waals surface area (Å²) >= 11 is 0. The van der Waals surface area contributed by atoms with Gasteiger partial charge in [-0.1, -0.05) is 6.92 Å². The van der Waals surface area contributed by atoms with Crippen molar-refractivity contribution in [2.24, 2.45) is 5.92 Å². The third-order valence-electron chi connectivity index (χ3n) is 6.69. The summed E-state index contributed by atoms with van der Waals surface area (Å²) in [5.74, 6) is 0.228. The van der Waals surface area contributed by atoms with E-state index in [9.17, 15) is 9.90 Å². The second-order valence-electron chi connectivity index (χ2n) is 8.59.